The van der Waals surface area contributed by atoms with Gasteiger partial charge < -0.3 is 5.32 Å². The van der Waals surface area contributed by atoms with E-state index in [9.17, 15) is 0 Å². The molecule has 17 heavy (non-hydrogen) atoms. The van der Waals surface area contributed by atoms with Crippen molar-refractivity contribution in [3.63, 3.8) is 0 Å². The first-order valence-electron chi connectivity index (χ1n) is 6.11. The highest BCUT2D eigenvalue weighted by Gasteiger charge is 2.18. The lowest BCUT2D eigenvalue weighted by Crippen LogP contribution is -2.37. The molecule has 0 amide bonds. The number of nitrogens with zero attached hydrogens (tertiary/aromatic N) is 3. The summed E-state index contributed by atoms with van der Waals surface area (Å²) in [6, 6.07) is 4.53. The topological polar surface area (TPSA) is 53.6 Å². The second kappa shape index (κ2) is 6.41. The van der Waals surface area contributed by atoms with Crippen LogP contribution in [-0.2, 0) is 6.54 Å². The number of aromatic nitrogens is 2. The lowest BCUT2D eigenvalue weighted by atomic mass is 9.88. The zero-order chi connectivity index (χ0) is 12.7. The molecule has 0 fully saturated rings. The summed E-state index contributed by atoms with van der Waals surface area (Å²) < 4.78 is 1.93. The van der Waals surface area contributed by atoms with E-state index in [0.717, 1.165) is 19.5 Å². The summed E-state index contributed by atoms with van der Waals surface area (Å²) in [7, 11) is 0. The predicted octanol–water partition coefficient (Wildman–Crippen LogP) is 2.19. The molecule has 0 saturated heterocycles. The summed E-state index contributed by atoms with van der Waals surface area (Å²) >= 11 is 0. The maximum absolute atomic E-state index is 8.60. The van der Waals surface area contributed by atoms with Crippen molar-refractivity contribution in [3.8, 4) is 6.07 Å². The van der Waals surface area contributed by atoms with Crippen molar-refractivity contribution in [2.45, 2.75) is 46.2 Å². The van der Waals surface area contributed by atoms with Crippen molar-refractivity contribution in [2.75, 3.05) is 6.54 Å². The highest BCUT2D eigenvalue weighted by molar-refractivity contribution is 4.81. The third kappa shape index (κ3) is 5.50. The SMILES string of the molecule is CC(Cn1cccn1)NCC(C)(C)CCC#N. The van der Waals surface area contributed by atoms with Gasteiger partial charge >= 0.3 is 0 Å². The van der Waals surface area contributed by atoms with Gasteiger partial charge in [0.1, 0.15) is 0 Å². The van der Waals surface area contributed by atoms with Gasteiger partial charge in [-0.2, -0.15) is 10.4 Å². The molecule has 1 unspecified atom stereocenters. The Morgan fingerprint density at radius 2 is 2.29 bits per heavy atom. The molecular formula is C13H22N4. The molecular weight excluding hydrogens is 212 g/mol. The summed E-state index contributed by atoms with van der Waals surface area (Å²) in [6.45, 7) is 8.34. The van der Waals surface area contributed by atoms with Crippen LogP contribution in [0.4, 0.5) is 0 Å². The molecule has 4 nitrogen and oxygen atoms in total. The molecule has 1 heterocycles. The molecule has 1 aromatic heterocycles. The van der Waals surface area contributed by atoms with Gasteiger partial charge in [0.15, 0.2) is 0 Å². The Balaban J connectivity index is 2.27. The van der Waals surface area contributed by atoms with Crippen LogP contribution >= 0.6 is 0 Å². The van der Waals surface area contributed by atoms with Gasteiger partial charge in [0.25, 0.3) is 0 Å². The molecule has 4 heteroatoms. The van der Waals surface area contributed by atoms with E-state index in [2.05, 4.69) is 37.3 Å². The molecule has 0 saturated carbocycles. The molecule has 94 valence electrons. The molecule has 1 atom stereocenters. The van der Waals surface area contributed by atoms with Crippen molar-refractivity contribution in [3.05, 3.63) is 18.5 Å². The van der Waals surface area contributed by atoms with Crippen molar-refractivity contribution in [2.24, 2.45) is 5.41 Å². The average Bonchev–Trinajstić information content (AvgIpc) is 2.77. The molecule has 0 aliphatic heterocycles. The number of nitrogens with one attached hydrogen (secondary N) is 1. The number of rotatable bonds is 7. The summed E-state index contributed by atoms with van der Waals surface area (Å²) in [6.07, 6.45) is 5.33. The fraction of sp³-hybridized carbons (Fsp3) is 0.692. The quantitative estimate of drug-likeness (QED) is 0.787. The van der Waals surface area contributed by atoms with Gasteiger partial charge in [0.05, 0.1) is 12.6 Å². The minimum atomic E-state index is 0.175. The number of hydrogen-bond donors (Lipinski definition) is 1. The van der Waals surface area contributed by atoms with Gasteiger partial charge in [-0.05, 0) is 24.8 Å². The van der Waals surface area contributed by atoms with Crippen LogP contribution in [0.3, 0.4) is 0 Å². The molecule has 0 aromatic carbocycles. The van der Waals surface area contributed by atoms with Crippen LogP contribution in [-0.4, -0.2) is 22.4 Å². The largest absolute Gasteiger partial charge is 0.312 e. The molecule has 1 rings (SSSR count). The normalized spacial score (nSPS) is 13.3. The smallest absolute Gasteiger partial charge is 0.0621 e. The maximum Gasteiger partial charge on any atom is 0.0621 e. The van der Waals surface area contributed by atoms with Crippen LogP contribution in [0.25, 0.3) is 0 Å². The Kier molecular flexibility index (Phi) is 5.17. The van der Waals surface area contributed by atoms with Crippen molar-refractivity contribution in [1.82, 2.24) is 15.1 Å². The van der Waals surface area contributed by atoms with Gasteiger partial charge in [0, 0.05) is 31.4 Å². The Bertz CT molecular complexity index is 348. The Morgan fingerprint density at radius 3 is 2.88 bits per heavy atom. The fourth-order valence-corrected chi connectivity index (χ4v) is 1.69. The summed E-state index contributed by atoms with van der Waals surface area (Å²) in [5.74, 6) is 0. The Labute approximate surface area is 104 Å². The van der Waals surface area contributed by atoms with Crippen molar-refractivity contribution < 1.29 is 0 Å². The summed E-state index contributed by atoms with van der Waals surface area (Å²) in [5.41, 5.74) is 0.175. The molecule has 1 N–H and O–H groups in total. The Morgan fingerprint density at radius 1 is 1.53 bits per heavy atom. The third-order valence-electron chi connectivity index (χ3n) is 2.86. The number of hydrogen-bond acceptors (Lipinski definition) is 3. The number of nitriles is 1. The molecule has 0 aliphatic carbocycles. The van der Waals surface area contributed by atoms with E-state index in [4.69, 9.17) is 5.26 Å². The van der Waals surface area contributed by atoms with Crippen molar-refractivity contribution in [1.29, 1.82) is 5.26 Å². The first kappa shape index (κ1) is 13.7. The van der Waals surface area contributed by atoms with Gasteiger partial charge in [-0.25, -0.2) is 0 Å². The molecule has 0 spiro atoms. The van der Waals surface area contributed by atoms with Crippen LogP contribution in [0.1, 0.15) is 33.6 Å². The van der Waals surface area contributed by atoms with Gasteiger partial charge in [-0.3, -0.25) is 4.68 Å². The second-order valence-electron chi connectivity index (χ2n) is 5.33. The highest BCUT2D eigenvalue weighted by atomic mass is 15.3. The van der Waals surface area contributed by atoms with E-state index in [-0.39, 0.29) is 5.41 Å². The zero-order valence-corrected chi connectivity index (χ0v) is 11.0. The van der Waals surface area contributed by atoms with Gasteiger partial charge in [-0.15, -0.1) is 0 Å². The molecule has 1 aromatic rings. The van der Waals surface area contributed by atoms with E-state index >= 15 is 0 Å². The average molecular weight is 234 g/mol. The summed E-state index contributed by atoms with van der Waals surface area (Å²) in [5, 5.41) is 16.3. The van der Waals surface area contributed by atoms with E-state index in [1.54, 1.807) is 6.20 Å². The van der Waals surface area contributed by atoms with Crippen LogP contribution in [0, 0.1) is 16.7 Å². The first-order chi connectivity index (χ1) is 8.03. The molecule has 0 aliphatic rings. The monoisotopic (exact) mass is 234 g/mol. The molecule has 0 radical (unpaired) electrons. The van der Waals surface area contributed by atoms with Gasteiger partial charge in [-0.1, -0.05) is 13.8 Å². The standard InChI is InChI=1S/C13H22N4/c1-12(10-17-9-5-8-16-17)15-11-13(2,3)6-4-7-14/h5,8-9,12,15H,4,6,10-11H2,1-3H3. The second-order valence-corrected chi connectivity index (χ2v) is 5.33. The maximum atomic E-state index is 8.60. The van der Waals surface area contributed by atoms with E-state index < -0.39 is 0 Å². The fourth-order valence-electron chi connectivity index (χ4n) is 1.69. The van der Waals surface area contributed by atoms with Crippen LogP contribution in [0.5, 0.6) is 0 Å². The highest BCUT2D eigenvalue weighted by Crippen LogP contribution is 2.20. The Hall–Kier alpha value is -1.34. The van der Waals surface area contributed by atoms with E-state index in [1.807, 2.05) is 16.9 Å². The van der Waals surface area contributed by atoms with Gasteiger partial charge in [0.2, 0.25) is 0 Å². The predicted molar refractivity (Wildman–Crippen MR) is 68.3 cm³/mol. The third-order valence-corrected chi connectivity index (χ3v) is 2.86. The minimum Gasteiger partial charge on any atom is -0.312 e. The van der Waals surface area contributed by atoms with Crippen LogP contribution in [0.15, 0.2) is 18.5 Å². The lowest BCUT2D eigenvalue weighted by Gasteiger charge is -2.26. The molecule has 0 bridgehead atoms. The van der Waals surface area contributed by atoms with E-state index in [1.165, 1.54) is 0 Å². The lowest BCUT2D eigenvalue weighted by molar-refractivity contribution is 0.293. The van der Waals surface area contributed by atoms with Crippen LogP contribution < -0.4 is 5.32 Å². The summed E-state index contributed by atoms with van der Waals surface area (Å²) in [4.78, 5) is 0. The minimum absolute atomic E-state index is 0.175. The first-order valence-corrected chi connectivity index (χ1v) is 6.11. The van der Waals surface area contributed by atoms with Crippen molar-refractivity contribution >= 4 is 0 Å². The van der Waals surface area contributed by atoms with Crippen LogP contribution in [0.2, 0.25) is 0 Å². The van der Waals surface area contributed by atoms with E-state index in [0.29, 0.717) is 12.5 Å². The zero-order valence-electron chi connectivity index (χ0n) is 11.0.